The van der Waals surface area contributed by atoms with Gasteiger partial charge in [0.1, 0.15) is 5.76 Å². The van der Waals surface area contributed by atoms with Crippen molar-refractivity contribution >= 4 is 5.91 Å². The molecule has 22 heavy (non-hydrogen) atoms. The van der Waals surface area contributed by atoms with Gasteiger partial charge in [0.25, 0.3) is 0 Å². The molecule has 1 amide bonds. The standard InChI is InChI=1S/C16H24N2O4/c19-8-5-18(4-3-17-6-10-21-11-7-17)16(20)14-12-13(14)15-2-1-9-22-15/h1-2,9,13-14,19H,3-8,10-12H2. The highest BCUT2D eigenvalue weighted by atomic mass is 16.5. The molecule has 1 aromatic rings. The van der Waals surface area contributed by atoms with Crippen molar-refractivity contribution in [3.8, 4) is 0 Å². The van der Waals surface area contributed by atoms with E-state index in [9.17, 15) is 9.90 Å². The van der Waals surface area contributed by atoms with Crippen molar-refractivity contribution < 1.29 is 19.1 Å². The third-order valence-electron chi connectivity index (χ3n) is 4.49. The zero-order chi connectivity index (χ0) is 15.4. The van der Waals surface area contributed by atoms with Gasteiger partial charge in [0.15, 0.2) is 0 Å². The molecule has 2 aliphatic rings. The van der Waals surface area contributed by atoms with Gasteiger partial charge >= 0.3 is 0 Å². The van der Waals surface area contributed by atoms with E-state index >= 15 is 0 Å². The van der Waals surface area contributed by atoms with Crippen molar-refractivity contribution in [3.05, 3.63) is 24.2 Å². The van der Waals surface area contributed by atoms with Gasteiger partial charge < -0.3 is 19.2 Å². The highest BCUT2D eigenvalue weighted by molar-refractivity contribution is 5.82. The van der Waals surface area contributed by atoms with Crippen molar-refractivity contribution in [3.63, 3.8) is 0 Å². The number of ether oxygens (including phenoxy) is 1. The van der Waals surface area contributed by atoms with Crippen molar-refractivity contribution in [2.75, 3.05) is 52.5 Å². The van der Waals surface area contributed by atoms with Gasteiger partial charge in [-0.1, -0.05) is 0 Å². The molecule has 0 spiro atoms. The normalized spacial score (nSPS) is 25.1. The molecule has 0 aromatic carbocycles. The van der Waals surface area contributed by atoms with Crippen molar-refractivity contribution in [1.82, 2.24) is 9.80 Å². The number of morpholine rings is 1. The number of aliphatic hydroxyl groups is 1. The van der Waals surface area contributed by atoms with Gasteiger partial charge in [-0.3, -0.25) is 9.69 Å². The average molecular weight is 308 g/mol. The Labute approximate surface area is 130 Å². The van der Waals surface area contributed by atoms with E-state index in [0.717, 1.165) is 45.0 Å². The predicted octanol–water partition coefficient (Wildman–Crippen LogP) is 0.536. The van der Waals surface area contributed by atoms with Crippen LogP contribution >= 0.6 is 0 Å². The van der Waals surface area contributed by atoms with Gasteiger partial charge in [0, 0.05) is 44.6 Å². The summed E-state index contributed by atoms with van der Waals surface area (Å²) in [5.74, 6) is 1.27. The van der Waals surface area contributed by atoms with E-state index in [1.54, 1.807) is 11.2 Å². The first-order valence-electron chi connectivity index (χ1n) is 8.02. The molecule has 1 saturated carbocycles. The minimum atomic E-state index is 0.00693. The summed E-state index contributed by atoms with van der Waals surface area (Å²) in [6.45, 7) is 5.28. The second kappa shape index (κ2) is 7.26. The number of hydrogen-bond acceptors (Lipinski definition) is 5. The first-order chi connectivity index (χ1) is 10.8. The molecule has 6 heteroatoms. The number of carbonyl (C=O) groups excluding carboxylic acids is 1. The van der Waals surface area contributed by atoms with E-state index in [0.29, 0.717) is 13.1 Å². The van der Waals surface area contributed by atoms with Crippen LogP contribution in [0.2, 0.25) is 0 Å². The molecule has 3 rings (SSSR count). The van der Waals surface area contributed by atoms with Crippen LogP contribution in [0.1, 0.15) is 18.1 Å². The second-order valence-corrected chi connectivity index (χ2v) is 5.97. The van der Waals surface area contributed by atoms with Crippen LogP contribution in [0, 0.1) is 5.92 Å². The van der Waals surface area contributed by atoms with Gasteiger partial charge in [0.2, 0.25) is 5.91 Å². The van der Waals surface area contributed by atoms with Gasteiger partial charge in [-0.05, 0) is 18.6 Å². The van der Waals surface area contributed by atoms with Crippen molar-refractivity contribution in [2.24, 2.45) is 5.92 Å². The first kappa shape index (κ1) is 15.5. The monoisotopic (exact) mass is 308 g/mol. The second-order valence-electron chi connectivity index (χ2n) is 5.97. The highest BCUT2D eigenvalue weighted by Crippen LogP contribution is 2.48. The number of furan rings is 1. The molecule has 2 unspecified atom stereocenters. The quantitative estimate of drug-likeness (QED) is 0.796. The maximum atomic E-state index is 12.6. The van der Waals surface area contributed by atoms with Crippen molar-refractivity contribution in [2.45, 2.75) is 12.3 Å². The zero-order valence-corrected chi connectivity index (χ0v) is 12.8. The van der Waals surface area contributed by atoms with Crippen LogP contribution < -0.4 is 0 Å². The average Bonchev–Trinajstić information content (AvgIpc) is 3.17. The maximum Gasteiger partial charge on any atom is 0.226 e. The number of amides is 1. The molecule has 1 aliphatic heterocycles. The first-order valence-corrected chi connectivity index (χ1v) is 8.02. The van der Waals surface area contributed by atoms with E-state index in [1.807, 2.05) is 12.1 Å². The smallest absolute Gasteiger partial charge is 0.226 e. The zero-order valence-electron chi connectivity index (χ0n) is 12.8. The fourth-order valence-electron chi connectivity index (χ4n) is 3.06. The Morgan fingerprint density at radius 2 is 2.18 bits per heavy atom. The summed E-state index contributed by atoms with van der Waals surface area (Å²) in [6, 6.07) is 3.79. The summed E-state index contributed by atoms with van der Waals surface area (Å²) in [4.78, 5) is 16.7. The largest absolute Gasteiger partial charge is 0.469 e. The van der Waals surface area contributed by atoms with E-state index in [-0.39, 0.29) is 24.3 Å². The Kier molecular flexibility index (Phi) is 5.12. The van der Waals surface area contributed by atoms with Crippen LogP contribution in [0.3, 0.4) is 0 Å². The Morgan fingerprint density at radius 1 is 1.36 bits per heavy atom. The molecule has 2 atom stereocenters. The molecule has 0 bridgehead atoms. The van der Waals surface area contributed by atoms with E-state index < -0.39 is 0 Å². The number of aliphatic hydroxyl groups excluding tert-OH is 1. The molecule has 2 heterocycles. The van der Waals surface area contributed by atoms with Crippen LogP contribution in [0.15, 0.2) is 22.8 Å². The molecule has 0 radical (unpaired) electrons. The lowest BCUT2D eigenvalue weighted by atomic mass is 10.2. The number of hydrogen-bond donors (Lipinski definition) is 1. The Bertz CT molecular complexity index is 471. The van der Waals surface area contributed by atoms with Crippen LogP contribution in [-0.4, -0.2) is 73.4 Å². The maximum absolute atomic E-state index is 12.6. The number of nitrogens with zero attached hydrogens (tertiary/aromatic N) is 2. The topological polar surface area (TPSA) is 66.2 Å². The number of rotatable bonds is 7. The third-order valence-corrected chi connectivity index (χ3v) is 4.49. The predicted molar refractivity (Wildman–Crippen MR) is 80.5 cm³/mol. The lowest BCUT2D eigenvalue weighted by Crippen LogP contribution is -2.44. The Morgan fingerprint density at radius 3 is 2.86 bits per heavy atom. The molecule has 1 aliphatic carbocycles. The number of carbonyl (C=O) groups is 1. The van der Waals surface area contributed by atoms with E-state index in [2.05, 4.69) is 4.90 Å². The van der Waals surface area contributed by atoms with E-state index in [1.165, 1.54) is 0 Å². The summed E-state index contributed by atoms with van der Waals surface area (Å²) in [7, 11) is 0. The molecule has 1 aromatic heterocycles. The lowest BCUT2D eigenvalue weighted by molar-refractivity contribution is -0.133. The van der Waals surface area contributed by atoms with Crippen molar-refractivity contribution in [1.29, 1.82) is 0 Å². The third kappa shape index (κ3) is 3.69. The molecule has 122 valence electrons. The molecular weight excluding hydrogens is 284 g/mol. The van der Waals surface area contributed by atoms with E-state index in [4.69, 9.17) is 9.15 Å². The minimum Gasteiger partial charge on any atom is -0.469 e. The van der Waals surface area contributed by atoms with Gasteiger partial charge in [-0.25, -0.2) is 0 Å². The molecular formula is C16H24N2O4. The van der Waals surface area contributed by atoms with Crippen LogP contribution in [0.25, 0.3) is 0 Å². The Hall–Kier alpha value is -1.37. The molecule has 1 saturated heterocycles. The fraction of sp³-hybridized carbons (Fsp3) is 0.688. The summed E-state index contributed by atoms with van der Waals surface area (Å²) in [6.07, 6.45) is 2.50. The summed E-state index contributed by atoms with van der Waals surface area (Å²) < 4.78 is 10.7. The Balaban J connectivity index is 1.51. The van der Waals surface area contributed by atoms with Gasteiger partial charge in [-0.15, -0.1) is 0 Å². The van der Waals surface area contributed by atoms with Crippen LogP contribution in [0.4, 0.5) is 0 Å². The summed E-state index contributed by atoms with van der Waals surface area (Å²) in [5, 5.41) is 9.23. The van der Waals surface area contributed by atoms with Gasteiger partial charge in [0.05, 0.1) is 26.1 Å². The SMILES string of the molecule is O=C(C1CC1c1ccco1)N(CCO)CCN1CCOCC1. The molecule has 2 fully saturated rings. The molecule has 1 N–H and O–H groups in total. The summed E-state index contributed by atoms with van der Waals surface area (Å²) >= 11 is 0. The lowest BCUT2D eigenvalue weighted by Gasteiger charge is -2.30. The van der Waals surface area contributed by atoms with Crippen LogP contribution in [-0.2, 0) is 9.53 Å². The highest BCUT2D eigenvalue weighted by Gasteiger charge is 2.47. The minimum absolute atomic E-state index is 0.00693. The van der Waals surface area contributed by atoms with Gasteiger partial charge in [-0.2, -0.15) is 0 Å². The molecule has 6 nitrogen and oxygen atoms in total. The summed E-state index contributed by atoms with van der Waals surface area (Å²) in [5.41, 5.74) is 0. The fourth-order valence-corrected chi connectivity index (χ4v) is 3.06. The van der Waals surface area contributed by atoms with Crippen LogP contribution in [0.5, 0.6) is 0 Å².